The molecule has 2 aromatic rings. The Balaban J connectivity index is 0.0000135. The van der Waals surface area contributed by atoms with Gasteiger partial charge in [-0.1, -0.05) is 35.3 Å². The third-order valence-electron chi connectivity index (χ3n) is 8.90. The van der Waals surface area contributed by atoms with Crippen LogP contribution in [0, 0.1) is 34.6 Å². The average molecular weight is 766 g/mol. The predicted molar refractivity (Wildman–Crippen MR) is 205 cm³/mol. The number of unbranched alkanes of at least 4 members (excludes halogenated alkanes) is 2. The zero-order valence-corrected chi connectivity index (χ0v) is 33.0. The lowest BCUT2D eigenvalue weighted by molar-refractivity contribution is -0.143. The number of halogens is 1. The number of nitrogens with zero attached hydrogens (tertiary/aromatic N) is 1. The third-order valence-corrected chi connectivity index (χ3v) is 9.71. The van der Waals surface area contributed by atoms with Crippen molar-refractivity contribution in [3.63, 3.8) is 0 Å². The van der Waals surface area contributed by atoms with Crippen LogP contribution in [0.4, 0.5) is 0 Å². The van der Waals surface area contributed by atoms with Crippen LogP contribution in [-0.2, 0) is 52.7 Å². The number of rotatable bonds is 19. The second kappa shape index (κ2) is 22.4. The molecule has 2 unspecified atom stereocenters. The summed E-state index contributed by atoms with van der Waals surface area (Å²) < 4.78 is 16.3. The molecule has 2 rings (SSSR count). The van der Waals surface area contributed by atoms with Crippen molar-refractivity contribution in [1.29, 1.82) is 0 Å². The molecule has 15 heteroatoms. The maximum absolute atomic E-state index is 14.0. The number of amides is 4. The molecule has 0 bridgehead atoms. The van der Waals surface area contributed by atoms with E-state index in [0.717, 1.165) is 38.9 Å². The van der Waals surface area contributed by atoms with E-state index in [1.54, 1.807) is 12.1 Å². The van der Waals surface area contributed by atoms with Crippen LogP contribution < -0.4 is 22.1 Å². The van der Waals surface area contributed by atoms with Crippen molar-refractivity contribution in [2.75, 3.05) is 32.2 Å². The van der Waals surface area contributed by atoms with E-state index >= 15 is 0 Å². The molecular formula is C37H56ClN5O8S. The highest BCUT2D eigenvalue weighted by atomic mass is 35.5. The summed E-state index contributed by atoms with van der Waals surface area (Å²) in [6.45, 7) is 9.02. The summed E-state index contributed by atoms with van der Waals surface area (Å²) >= 11 is -1.19. The van der Waals surface area contributed by atoms with E-state index in [0.29, 0.717) is 19.3 Å². The van der Waals surface area contributed by atoms with Crippen molar-refractivity contribution < 1.29 is 38.4 Å². The molecule has 0 aliphatic heterocycles. The first-order chi connectivity index (χ1) is 23.9. The number of aryl methyl sites for hydroxylation is 5. The molecule has 0 heterocycles. The zero-order chi connectivity index (χ0) is 38.4. The van der Waals surface area contributed by atoms with Gasteiger partial charge in [-0.2, -0.15) is 0 Å². The summed E-state index contributed by atoms with van der Waals surface area (Å²) in [5, 5.41) is 14.9. The van der Waals surface area contributed by atoms with Crippen LogP contribution in [0.5, 0.6) is 5.75 Å². The number of carbonyl (C=O) groups excluding carboxylic acids is 5. The number of nitrogens with two attached hydrogens (primary N) is 2. The van der Waals surface area contributed by atoms with Crippen LogP contribution in [0.15, 0.2) is 24.3 Å². The van der Waals surface area contributed by atoms with Crippen LogP contribution in [-0.4, -0.2) is 94.5 Å². The highest BCUT2D eigenvalue weighted by molar-refractivity contribution is 7.90. The number of carbonyl (C=O) groups is 5. The highest BCUT2D eigenvalue weighted by Gasteiger charge is 2.33. The predicted octanol–water partition coefficient (Wildman–Crippen LogP) is 2.25. The molecule has 0 spiro atoms. The lowest BCUT2D eigenvalue weighted by atomic mass is 9.93. The van der Waals surface area contributed by atoms with E-state index in [9.17, 15) is 33.6 Å². The number of nitrogens with one attached hydrogen (secondary N) is 2. The first-order valence-electron chi connectivity index (χ1n) is 17.1. The fraction of sp³-hybridized carbons (Fsp3) is 0.541. The quantitative estimate of drug-likeness (QED) is 0.0799. The first kappa shape index (κ1) is 46.3. The average Bonchev–Trinajstić information content (AvgIpc) is 3.05. The van der Waals surface area contributed by atoms with Gasteiger partial charge in [0.1, 0.15) is 17.5 Å². The first-order valence-corrected chi connectivity index (χ1v) is 18.8. The Bertz CT molecular complexity index is 1510. The lowest BCUT2D eigenvalue weighted by Crippen LogP contribution is -2.56. The molecule has 2 aromatic carbocycles. The fourth-order valence-corrected chi connectivity index (χ4v) is 6.66. The number of phenolic OH excluding ortho intramolecular Hbond substituents is 1. The molecular weight excluding hydrogens is 710 g/mol. The normalized spacial score (nSPS) is 13.2. The zero-order valence-electron chi connectivity index (χ0n) is 31.3. The standard InChI is InChI=1S/C37H55N5O8S.ClH/c1-22-15-23(2)29(24(3)16-22)20-32(37(48)41-36(47)30(38)12-14-51(7)49)42(13-10-8-9-11-34(45)50-6)33(44)21-40-35(46)31(39)19-28-25(4)17-27(43)18-26(28)5;/h15-18,30-32,43H,8-14,19-21,38-39H2,1-7H3,(H,40,46)(H,41,47,48);1H/t30?,31-,32+,51?;/m1./s1. The third kappa shape index (κ3) is 14.7. The smallest absolute Gasteiger partial charge is 0.305 e. The minimum absolute atomic E-state index is 0. The summed E-state index contributed by atoms with van der Waals surface area (Å²) in [5.41, 5.74) is 18.3. The number of aromatic hydroxyl groups is 1. The van der Waals surface area contributed by atoms with E-state index in [1.165, 1.54) is 18.3 Å². The molecule has 0 fully saturated rings. The SMILES string of the molecule is COC(=O)CCCCCN(C(=O)CNC(=O)[C@H](N)Cc1c(C)cc(O)cc1C)[C@@H](Cc1c(C)cc(C)cc1C)C(=O)NC(=O)C(N)CC[S+](C)[O-].Cl. The number of hydrogen-bond donors (Lipinski definition) is 5. The monoisotopic (exact) mass is 765 g/mol. The van der Waals surface area contributed by atoms with Gasteiger partial charge in [0.2, 0.25) is 23.6 Å². The Kier molecular flexibility index (Phi) is 20.0. The van der Waals surface area contributed by atoms with E-state index in [2.05, 4.69) is 10.6 Å². The topological polar surface area (TPSA) is 217 Å². The Morgan fingerprint density at radius 1 is 0.846 bits per heavy atom. The van der Waals surface area contributed by atoms with E-state index in [1.807, 2.05) is 46.8 Å². The van der Waals surface area contributed by atoms with Gasteiger partial charge in [0, 0.05) is 25.8 Å². The molecule has 52 heavy (non-hydrogen) atoms. The molecule has 0 saturated carbocycles. The maximum atomic E-state index is 14.0. The van der Waals surface area contributed by atoms with E-state index in [4.69, 9.17) is 16.2 Å². The summed E-state index contributed by atoms with van der Waals surface area (Å²) in [7, 11) is 1.31. The Morgan fingerprint density at radius 3 is 1.96 bits per heavy atom. The Hall–Kier alpha value is -3.69. The number of phenols is 1. The summed E-state index contributed by atoms with van der Waals surface area (Å²) in [6.07, 6.45) is 3.49. The van der Waals surface area contributed by atoms with Crippen molar-refractivity contribution in [2.24, 2.45) is 11.5 Å². The summed E-state index contributed by atoms with van der Waals surface area (Å²) in [6, 6.07) is 3.87. The minimum atomic E-state index is -1.19. The van der Waals surface area contributed by atoms with Crippen molar-refractivity contribution in [3.05, 3.63) is 63.2 Å². The minimum Gasteiger partial charge on any atom is -0.617 e. The van der Waals surface area contributed by atoms with Crippen molar-refractivity contribution in [2.45, 2.75) is 97.7 Å². The van der Waals surface area contributed by atoms with Gasteiger partial charge >= 0.3 is 5.97 Å². The van der Waals surface area contributed by atoms with Gasteiger partial charge in [-0.3, -0.25) is 29.3 Å². The van der Waals surface area contributed by atoms with Crippen LogP contribution in [0.3, 0.4) is 0 Å². The molecule has 0 aliphatic carbocycles. The van der Waals surface area contributed by atoms with Crippen LogP contribution >= 0.6 is 12.4 Å². The number of ether oxygens (including phenoxy) is 1. The largest absolute Gasteiger partial charge is 0.617 e. The molecule has 0 saturated heterocycles. The molecule has 0 aromatic heterocycles. The number of methoxy groups -OCH3 is 1. The van der Waals surface area contributed by atoms with Gasteiger partial charge in [0.25, 0.3) is 0 Å². The molecule has 13 nitrogen and oxygen atoms in total. The number of benzene rings is 2. The van der Waals surface area contributed by atoms with Crippen molar-refractivity contribution >= 4 is 53.2 Å². The maximum Gasteiger partial charge on any atom is 0.305 e. The molecule has 0 aliphatic rings. The second-order valence-electron chi connectivity index (χ2n) is 13.2. The van der Waals surface area contributed by atoms with Crippen LogP contribution in [0.1, 0.15) is 71.0 Å². The molecule has 0 radical (unpaired) electrons. The second-order valence-corrected chi connectivity index (χ2v) is 14.7. The Morgan fingerprint density at radius 2 is 1.40 bits per heavy atom. The van der Waals surface area contributed by atoms with Crippen molar-refractivity contribution in [3.8, 4) is 5.75 Å². The molecule has 290 valence electrons. The van der Waals surface area contributed by atoms with Gasteiger partial charge in [-0.05, 0) is 99.4 Å². The van der Waals surface area contributed by atoms with E-state index < -0.39 is 59.5 Å². The molecule has 4 atom stereocenters. The van der Waals surface area contributed by atoms with Crippen LogP contribution in [0.2, 0.25) is 0 Å². The van der Waals surface area contributed by atoms with Gasteiger partial charge in [0.15, 0.2) is 0 Å². The number of hydrogen-bond acceptors (Lipinski definition) is 10. The molecule has 4 amide bonds. The van der Waals surface area contributed by atoms with Gasteiger partial charge < -0.3 is 36.1 Å². The fourth-order valence-electron chi connectivity index (χ4n) is 6.08. The van der Waals surface area contributed by atoms with E-state index in [-0.39, 0.29) is 62.1 Å². The molecule has 7 N–H and O–H groups in total. The summed E-state index contributed by atoms with van der Waals surface area (Å²) in [4.78, 5) is 67.1. The van der Waals surface area contributed by atoms with Gasteiger partial charge in [-0.25, -0.2) is 0 Å². The number of esters is 1. The van der Waals surface area contributed by atoms with Crippen LogP contribution in [0.25, 0.3) is 0 Å². The summed E-state index contributed by atoms with van der Waals surface area (Å²) in [5.74, 6) is -2.70. The van der Waals surface area contributed by atoms with Crippen molar-refractivity contribution in [1.82, 2.24) is 15.5 Å². The highest BCUT2D eigenvalue weighted by Crippen LogP contribution is 2.23. The number of imide groups is 1. The lowest BCUT2D eigenvalue weighted by Gasteiger charge is -2.32. The Labute approximate surface area is 316 Å². The van der Waals surface area contributed by atoms with Gasteiger partial charge in [0.05, 0.1) is 32.0 Å². The van der Waals surface area contributed by atoms with Gasteiger partial charge in [-0.15, -0.1) is 12.4 Å².